The summed E-state index contributed by atoms with van der Waals surface area (Å²) in [7, 11) is 0. The van der Waals surface area contributed by atoms with Crippen LogP contribution in [0.3, 0.4) is 0 Å². The fraction of sp³-hybridized carbons (Fsp3) is 0.417. The largest absolute Gasteiger partial charge is 0.493 e. The Morgan fingerprint density at radius 1 is 1.16 bits per heavy atom. The van der Waals surface area contributed by atoms with E-state index < -0.39 is 0 Å². The Balaban J connectivity index is 1.18. The van der Waals surface area contributed by atoms with Crippen LogP contribution in [-0.2, 0) is 11.3 Å². The number of hydrogen-bond acceptors (Lipinski definition) is 5. The van der Waals surface area contributed by atoms with Gasteiger partial charge in [-0.3, -0.25) is 9.69 Å². The van der Waals surface area contributed by atoms with E-state index in [4.69, 9.17) is 16.3 Å². The zero-order valence-electron chi connectivity index (χ0n) is 18.5. The maximum Gasteiger partial charge on any atom is 0.217 e. The number of carbonyl (C=O) groups is 1. The van der Waals surface area contributed by atoms with Crippen LogP contribution in [0.15, 0.2) is 48.8 Å². The highest BCUT2D eigenvalue weighted by Gasteiger charge is 2.18. The lowest BCUT2D eigenvalue weighted by Crippen LogP contribution is -2.46. The van der Waals surface area contributed by atoms with Crippen molar-refractivity contribution in [3.8, 4) is 5.75 Å². The zero-order valence-corrected chi connectivity index (χ0v) is 19.2. The van der Waals surface area contributed by atoms with Gasteiger partial charge in [0.05, 0.1) is 29.0 Å². The van der Waals surface area contributed by atoms with Crippen molar-refractivity contribution in [2.45, 2.75) is 26.3 Å². The monoisotopic (exact) mass is 455 g/mol. The molecule has 3 heterocycles. The van der Waals surface area contributed by atoms with Gasteiger partial charge < -0.3 is 15.0 Å². The highest BCUT2D eigenvalue weighted by atomic mass is 35.5. The molecule has 0 unspecified atom stereocenters. The van der Waals surface area contributed by atoms with Crippen molar-refractivity contribution in [3.05, 3.63) is 59.4 Å². The molecule has 1 aliphatic heterocycles. The minimum absolute atomic E-state index is 0.0537. The number of carbonyl (C=O) groups excluding carboxylic acids is 1. The van der Waals surface area contributed by atoms with Gasteiger partial charge in [-0.25, -0.2) is 4.52 Å². The van der Waals surface area contributed by atoms with Gasteiger partial charge in [-0.2, -0.15) is 5.10 Å². The molecule has 170 valence electrons. The van der Waals surface area contributed by atoms with Crippen LogP contribution in [0.2, 0.25) is 5.02 Å². The van der Waals surface area contributed by atoms with Crippen LogP contribution in [0, 0.1) is 0 Å². The number of para-hydroxylation sites is 1. The molecule has 1 saturated heterocycles. The van der Waals surface area contributed by atoms with Crippen LogP contribution in [0.25, 0.3) is 5.52 Å². The molecule has 3 aromatic rings. The molecule has 7 nitrogen and oxygen atoms in total. The lowest BCUT2D eigenvalue weighted by Gasteiger charge is -2.36. The molecule has 1 N–H and O–H groups in total. The third-order valence-electron chi connectivity index (χ3n) is 5.80. The number of unbranched alkanes of at least 4 members (excludes halogenated alkanes) is 1. The first kappa shape index (κ1) is 22.4. The standard InChI is InChI=1S/C24H30ClN5O2/c1-19(31)26-17-20-18-27-30-10-8-21(16-24(20)30)32-15-5-4-9-28-11-13-29(14-12-28)23-7-3-2-6-22(23)25/h2-3,6-8,10,16,18H,4-5,9,11-15,17H2,1H3,(H,26,31). The predicted molar refractivity (Wildman–Crippen MR) is 128 cm³/mol. The molecule has 32 heavy (non-hydrogen) atoms. The highest BCUT2D eigenvalue weighted by Crippen LogP contribution is 2.26. The van der Waals surface area contributed by atoms with Crippen molar-refractivity contribution >= 4 is 28.7 Å². The maximum absolute atomic E-state index is 11.2. The van der Waals surface area contributed by atoms with Gasteiger partial charge in [-0.15, -0.1) is 0 Å². The normalized spacial score (nSPS) is 14.6. The van der Waals surface area contributed by atoms with Gasteiger partial charge in [0.25, 0.3) is 0 Å². The van der Waals surface area contributed by atoms with E-state index in [0.29, 0.717) is 13.2 Å². The Morgan fingerprint density at radius 2 is 1.97 bits per heavy atom. The molecule has 1 amide bonds. The molecule has 0 saturated carbocycles. The van der Waals surface area contributed by atoms with E-state index in [1.165, 1.54) is 6.92 Å². The number of piperazine rings is 1. The van der Waals surface area contributed by atoms with Crippen LogP contribution < -0.4 is 15.0 Å². The van der Waals surface area contributed by atoms with Gasteiger partial charge in [0.1, 0.15) is 5.75 Å². The molecule has 1 aliphatic rings. The fourth-order valence-corrected chi connectivity index (χ4v) is 4.26. The number of pyridine rings is 1. The second-order valence-electron chi connectivity index (χ2n) is 8.11. The maximum atomic E-state index is 11.2. The van der Waals surface area contributed by atoms with E-state index in [-0.39, 0.29) is 5.91 Å². The average molecular weight is 456 g/mol. The summed E-state index contributed by atoms with van der Waals surface area (Å²) in [5.41, 5.74) is 3.06. The van der Waals surface area contributed by atoms with Crippen molar-refractivity contribution in [3.63, 3.8) is 0 Å². The molecule has 0 radical (unpaired) electrons. The van der Waals surface area contributed by atoms with Gasteiger partial charge >= 0.3 is 0 Å². The number of nitrogens with one attached hydrogen (secondary N) is 1. The topological polar surface area (TPSA) is 62.1 Å². The number of rotatable bonds is 9. The summed E-state index contributed by atoms with van der Waals surface area (Å²) in [6.07, 6.45) is 5.78. The Morgan fingerprint density at radius 3 is 2.75 bits per heavy atom. The van der Waals surface area contributed by atoms with Gasteiger partial charge in [0.15, 0.2) is 0 Å². The van der Waals surface area contributed by atoms with E-state index in [1.54, 1.807) is 10.7 Å². The number of hydrogen-bond donors (Lipinski definition) is 1. The number of benzene rings is 1. The smallest absolute Gasteiger partial charge is 0.217 e. The molecule has 2 aromatic heterocycles. The van der Waals surface area contributed by atoms with Crippen molar-refractivity contribution in [1.29, 1.82) is 0 Å². The first-order valence-corrected chi connectivity index (χ1v) is 11.5. The van der Waals surface area contributed by atoms with Crippen LogP contribution >= 0.6 is 11.6 Å². The number of amides is 1. The number of anilines is 1. The molecule has 0 atom stereocenters. The first-order valence-electron chi connectivity index (χ1n) is 11.2. The number of fused-ring (bicyclic) bond motifs is 1. The molecule has 8 heteroatoms. The van der Waals surface area contributed by atoms with Gasteiger partial charge in [0.2, 0.25) is 5.91 Å². The number of ether oxygens (including phenoxy) is 1. The lowest BCUT2D eigenvalue weighted by atomic mass is 10.2. The van der Waals surface area contributed by atoms with Crippen LogP contribution in [0.4, 0.5) is 5.69 Å². The summed E-state index contributed by atoms with van der Waals surface area (Å²) in [5, 5.41) is 7.97. The molecule has 0 aliphatic carbocycles. The predicted octanol–water partition coefficient (Wildman–Crippen LogP) is 3.61. The van der Waals surface area contributed by atoms with E-state index in [0.717, 1.165) is 73.1 Å². The van der Waals surface area contributed by atoms with E-state index in [9.17, 15) is 4.79 Å². The number of nitrogens with zero attached hydrogens (tertiary/aromatic N) is 4. The zero-order chi connectivity index (χ0) is 22.3. The quantitative estimate of drug-likeness (QED) is 0.499. The second-order valence-corrected chi connectivity index (χ2v) is 8.51. The van der Waals surface area contributed by atoms with Gasteiger partial charge in [-0.1, -0.05) is 23.7 Å². The van der Waals surface area contributed by atoms with Gasteiger partial charge in [0, 0.05) is 57.5 Å². The van der Waals surface area contributed by atoms with Crippen LogP contribution in [0.1, 0.15) is 25.3 Å². The van der Waals surface area contributed by atoms with Crippen molar-refractivity contribution in [2.75, 3.05) is 44.2 Å². The third-order valence-corrected chi connectivity index (χ3v) is 6.12. The Hall–Kier alpha value is -2.77. The summed E-state index contributed by atoms with van der Waals surface area (Å²) in [6, 6.07) is 12.0. The minimum atomic E-state index is -0.0537. The highest BCUT2D eigenvalue weighted by molar-refractivity contribution is 6.33. The van der Waals surface area contributed by atoms with Crippen molar-refractivity contribution in [2.24, 2.45) is 0 Å². The SMILES string of the molecule is CC(=O)NCc1cnn2ccc(OCCCCN3CCN(c4ccccc4Cl)CC3)cc12. The number of aromatic nitrogens is 2. The fourth-order valence-electron chi connectivity index (χ4n) is 4.01. The summed E-state index contributed by atoms with van der Waals surface area (Å²) >= 11 is 6.33. The summed E-state index contributed by atoms with van der Waals surface area (Å²) in [6.45, 7) is 7.87. The lowest BCUT2D eigenvalue weighted by molar-refractivity contribution is -0.119. The molecular formula is C24H30ClN5O2. The Bertz CT molecular complexity index is 1050. The van der Waals surface area contributed by atoms with Crippen molar-refractivity contribution < 1.29 is 9.53 Å². The Labute approximate surface area is 193 Å². The third kappa shape index (κ3) is 5.72. The number of halogens is 1. The second kappa shape index (κ2) is 10.7. The molecule has 1 fully saturated rings. The minimum Gasteiger partial charge on any atom is -0.493 e. The average Bonchev–Trinajstić information content (AvgIpc) is 3.20. The van der Waals surface area contributed by atoms with Crippen LogP contribution in [-0.4, -0.2) is 59.8 Å². The van der Waals surface area contributed by atoms with E-state index in [1.807, 2.05) is 36.5 Å². The first-order chi connectivity index (χ1) is 15.6. The van der Waals surface area contributed by atoms with Crippen molar-refractivity contribution in [1.82, 2.24) is 19.8 Å². The summed E-state index contributed by atoms with van der Waals surface area (Å²) < 4.78 is 7.77. The van der Waals surface area contributed by atoms with Gasteiger partial charge in [-0.05, 0) is 37.6 Å². The van der Waals surface area contributed by atoms with Crippen LogP contribution in [0.5, 0.6) is 5.75 Å². The van der Waals surface area contributed by atoms with E-state index >= 15 is 0 Å². The molecule has 4 rings (SSSR count). The molecule has 1 aromatic carbocycles. The summed E-state index contributed by atoms with van der Waals surface area (Å²) in [4.78, 5) is 16.1. The van der Waals surface area contributed by atoms with E-state index in [2.05, 4.69) is 26.3 Å². The molecule has 0 bridgehead atoms. The molecular weight excluding hydrogens is 426 g/mol. The summed E-state index contributed by atoms with van der Waals surface area (Å²) in [5.74, 6) is 0.775. The Kier molecular flexibility index (Phi) is 7.50. The molecule has 0 spiro atoms.